The van der Waals surface area contributed by atoms with Gasteiger partial charge in [-0.1, -0.05) is 30.3 Å². The van der Waals surface area contributed by atoms with Crippen molar-refractivity contribution in [3.63, 3.8) is 0 Å². The molecular weight excluding hydrogens is 334 g/mol. The van der Waals surface area contributed by atoms with Crippen LogP contribution in [0.25, 0.3) is 10.8 Å². The van der Waals surface area contributed by atoms with Gasteiger partial charge in [-0.05, 0) is 23.3 Å². The number of benzene rings is 2. The van der Waals surface area contributed by atoms with Gasteiger partial charge in [-0.25, -0.2) is 14.5 Å². The summed E-state index contributed by atoms with van der Waals surface area (Å²) in [6.07, 6.45) is 3.34. The molecule has 0 amide bonds. The van der Waals surface area contributed by atoms with Crippen LogP contribution in [0.1, 0.15) is 12.0 Å². The van der Waals surface area contributed by atoms with Crippen LogP contribution >= 0.6 is 0 Å². The number of esters is 2. The molecular formula is C20H19NO5. The smallest absolute Gasteiger partial charge is 0.335 e. The van der Waals surface area contributed by atoms with Gasteiger partial charge in [0.2, 0.25) is 0 Å². The molecule has 0 aliphatic carbocycles. The van der Waals surface area contributed by atoms with Crippen LogP contribution in [0.4, 0.5) is 0 Å². The molecule has 0 atom stereocenters. The Hall–Kier alpha value is -2.86. The number of nitrogens with zero attached hydrogens (tertiary/aromatic N) is 1. The summed E-state index contributed by atoms with van der Waals surface area (Å²) in [5.74, 6) is -1.60. The zero-order valence-corrected chi connectivity index (χ0v) is 14.4. The average molecular weight is 353 g/mol. The van der Waals surface area contributed by atoms with Crippen LogP contribution in [-0.4, -0.2) is 42.9 Å². The Balaban J connectivity index is 1.57. The number of carbonyl (C=O) groups excluding carboxylic acids is 2. The van der Waals surface area contributed by atoms with E-state index in [2.05, 4.69) is 12.1 Å². The summed E-state index contributed by atoms with van der Waals surface area (Å²) in [4.78, 5) is 25.4. The van der Waals surface area contributed by atoms with Crippen molar-refractivity contribution in [2.45, 2.75) is 18.8 Å². The molecule has 0 saturated carbocycles. The number of fused-ring (bicyclic) bond motifs is 1. The lowest BCUT2D eigenvalue weighted by atomic mass is 9.99. The van der Waals surface area contributed by atoms with Gasteiger partial charge in [-0.3, -0.25) is 0 Å². The SMILES string of the molecule is COc1ccc2ccccc2c1CCN1CCC12OC(=O)C=CC(=O)O2. The zero-order chi connectivity index (χ0) is 18.1. The molecule has 1 fully saturated rings. The van der Waals surface area contributed by atoms with Crippen LogP contribution in [0, 0.1) is 0 Å². The Morgan fingerprint density at radius 3 is 2.46 bits per heavy atom. The molecule has 134 valence electrons. The predicted molar refractivity (Wildman–Crippen MR) is 94.4 cm³/mol. The normalized spacial score (nSPS) is 19.0. The summed E-state index contributed by atoms with van der Waals surface area (Å²) < 4.78 is 16.3. The zero-order valence-electron chi connectivity index (χ0n) is 14.4. The molecule has 4 rings (SSSR count). The molecule has 2 aliphatic rings. The molecule has 1 spiro atoms. The second-order valence-corrected chi connectivity index (χ2v) is 6.34. The van der Waals surface area contributed by atoms with Gasteiger partial charge in [0, 0.05) is 30.8 Å². The maximum atomic E-state index is 11.7. The van der Waals surface area contributed by atoms with Crippen LogP contribution in [0.5, 0.6) is 5.75 Å². The van der Waals surface area contributed by atoms with E-state index in [0.717, 1.165) is 34.2 Å². The monoisotopic (exact) mass is 353 g/mol. The first kappa shape index (κ1) is 16.6. The molecule has 0 aromatic heterocycles. The van der Waals surface area contributed by atoms with Gasteiger partial charge in [0.1, 0.15) is 5.75 Å². The van der Waals surface area contributed by atoms with Crippen molar-refractivity contribution in [1.29, 1.82) is 0 Å². The Kier molecular flexibility index (Phi) is 4.12. The first-order chi connectivity index (χ1) is 12.6. The fourth-order valence-electron chi connectivity index (χ4n) is 3.52. The van der Waals surface area contributed by atoms with Gasteiger partial charge >= 0.3 is 17.8 Å². The van der Waals surface area contributed by atoms with Gasteiger partial charge in [0.15, 0.2) is 0 Å². The number of carbonyl (C=O) groups is 2. The van der Waals surface area contributed by atoms with Crippen molar-refractivity contribution in [2.75, 3.05) is 20.2 Å². The quantitative estimate of drug-likeness (QED) is 0.787. The third-order valence-electron chi connectivity index (χ3n) is 4.90. The van der Waals surface area contributed by atoms with Gasteiger partial charge in [-0.15, -0.1) is 0 Å². The number of hydrogen-bond donors (Lipinski definition) is 0. The third kappa shape index (κ3) is 2.82. The highest BCUT2D eigenvalue weighted by Gasteiger charge is 2.52. The second kappa shape index (κ2) is 6.46. The van der Waals surface area contributed by atoms with E-state index in [0.29, 0.717) is 25.9 Å². The van der Waals surface area contributed by atoms with Gasteiger partial charge in [0.25, 0.3) is 0 Å². The first-order valence-electron chi connectivity index (χ1n) is 8.55. The predicted octanol–water partition coefficient (Wildman–Crippen LogP) is 2.41. The summed E-state index contributed by atoms with van der Waals surface area (Å²) in [5, 5.41) is 2.26. The highest BCUT2D eigenvalue weighted by atomic mass is 16.8. The summed E-state index contributed by atoms with van der Waals surface area (Å²) >= 11 is 0. The highest BCUT2D eigenvalue weighted by Crippen LogP contribution is 2.36. The molecule has 0 radical (unpaired) electrons. The summed E-state index contributed by atoms with van der Waals surface area (Å²) in [6.45, 7) is 1.26. The van der Waals surface area contributed by atoms with Crippen molar-refractivity contribution < 1.29 is 23.8 Å². The fraction of sp³-hybridized carbons (Fsp3) is 0.300. The molecule has 6 nitrogen and oxygen atoms in total. The average Bonchev–Trinajstić information content (AvgIpc) is 2.81. The summed E-state index contributed by atoms with van der Waals surface area (Å²) in [5.41, 5.74) is 1.08. The largest absolute Gasteiger partial charge is 0.496 e. The molecule has 0 unspecified atom stereocenters. The lowest BCUT2D eigenvalue weighted by molar-refractivity contribution is -0.325. The number of likely N-dealkylation sites (tertiary alicyclic amines) is 1. The van der Waals surface area contributed by atoms with E-state index < -0.39 is 17.8 Å². The van der Waals surface area contributed by atoms with E-state index in [1.165, 1.54) is 0 Å². The van der Waals surface area contributed by atoms with E-state index in [9.17, 15) is 9.59 Å². The molecule has 0 bridgehead atoms. The lowest BCUT2D eigenvalue weighted by Gasteiger charge is -2.48. The van der Waals surface area contributed by atoms with Gasteiger partial charge in [-0.2, -0.15) is 0 Å². The Bertz CT molecular complexity index is 884. The van der Waals surface area contributed by atoms with E-state index in [-0.39, 0.29) is 0 Å². The molecule has 26 heavy (non-hydrogen) atoms. The maximum Gasteiger partial charge on any atom is 0.335 e. The Morgan fingerprint density at radius 1 is 1.08 bits per heavy atom. The number of rotatable bonds is 4. The van der Waals surface area contributed by atoms with Crippen molar-refractivity contribution in [2.24, 2.45) is 0 Å². The van der Waals surface area contributed by atoms with Crippen LogP contribution < -0.4 is 4.74 Å². The molecule has 6 heteroatoms. The molecule has 0 N–H and O–H groups in total. The molecule has 2 aromatic rings. The first-order valence-corrected chi connectivity index (χ1v) is 8.55. The summed E-state index contributed by atoms with van der Waals surface area (Å²) in [7, 11) is 1.65. The highest BCUT2D eigenvalue weighted by molar-refractivity contribution is 5.93. The van der Waals surface area contributed by atoms with Crippen molar-refractivity contribution >= 4 is 22.7 Å². The molecule has 1 saturated heterocycles. The topological polar surface area (TPSA) is 65.1 Å². The van der Waals surface area contributed by atoms with E-state index in [1.807, 2.05) is 29.2 Å². The van der Waals surface area contributed by atoms with Gasteiger partial charge in [0.05, 0.1) is 13.5 Å². The second-order valence-electron chi connectivity index (χ2n) is 6.34. The van der Waals surface area contributed by atoms with E-state index in [4.69, 9.17) is 14.2 Å². The maximum absolute atomic E-state index is 11.7. The molecule has 2 aliphatic heterocycles. The van der Waals surface area contributed by atoms with Crippen molar-refractivity contribution in [3.8, 4) is 5.75 Å². The van der Waals surface area contributed by atoms with Crippen molar-refractivity contribution in [1.82, 2.24) is 4.90 Å². The van der Waals surface area contributed by atoms with Crippen LogP contribution in [-0.2, 0) is 25.5 Å². The number of hydrogen-bond acceptors (Lipinski definition) is 6. The summed E-state index contributed by atoms with van der Waals surface area (Å²) in [6, 6.07) is 12.1. The third-order valence-corrected chi connectivity index (χ3v) is 4.90. The van der Waals surface area contributed by atoms with Crippen LogP contribution in [0.2, 0.25) is 0 Å². The van der Waals surface area contributed by atoms with Gasteiger partial charge < -0.3 is 14.2 Å². The van der Waals surface area contributed by atoms with E-state index >= 15 is 0 Å². The molecule has 2 heterocycles. The van der Waals surface area contributed by atoms with Crippen molar-refractivity contribution in [3.05, 3.63) is 54.1 Å². The fourth-order valence-corrected chi connectivity index (χ4v) is 3.52. The molecule has 2 aromatic carbocycles. The lowest BCUT2D eigenvalue weighted by Crippen LogP contribution is -2.64. The minimum Gasteiger partial charge on any atom is -0.496 e. The van der Waals surface area contributed by atoms with Crippen LogP contribution in [0.15, 0.2) is 48.6 Å². The van der Waals surface area contributed by atoms with E-state index in [1.54, 1.807) is 7.11 Å². The standard InChI is InChI=1S/C20H19NO5/c1-24-17-7-6-14-4-2-3-5-15(14)16(17)10-12-21-13-11-20(21)25-18(22)8-9-19(23)26-20/h2-9H,10-13H2,1H3. The van der Waals surface area contributed by atoms with Crippen LogP contribution in [0.3, 0.4) is 0 Å². The number of methoxy groups -OCH3 is 1. The minimum atomic E-state index is -1.28. The Morgan fingerprint density at radius 2 is 1.81 bits per heavy atom. The Labute approximate surface area is 150 Å². The number of ether oxygens (including phenoxy) is 3. The minimum absolute atomic E-state index is 0.471.